The fraction of sp³-hybridized carbons (Fsp3) is 0.364. The Kier molecular flexibility index (Phi) is 8.51. The van der Waals surface area contributed by atoms with Crippen LogP contribution in [0.15, 0.2) is 53.0 Å². The summed E-state index contributed by atoms with van der Waals surface area (Å²) in [5.74, 6) is 0.552. The van der Waals surface area contributed by atoms with Gasteiger partial charge in [-0.3, -0.25) is 9.59 Å². The molecule has 2 rings (SSSR count). The Morgan fingerprint density at radius 3 is 2.36 bits per heavy atom. The molecule has 0 bridgehead atoms. The van der Waals surface area contributed by atoms with Crippen LogP contribution in [-0.4, -0.2) is 36.4 Å². The molecule has 0 radical (unpaired) electrons. The SMILES string of the molecule is CNC(=O)C(C)N(Cc1ccc(Br)cc1)C(=O)CCCOc1ccc(C)cc1. The molecule has 0 aromatic heterocycles. The number of nitrogens with one attached hydrogen (secondary N) is 1. The number of rotatable bonds is 9. The number of likely N-dealkylation sites (N-methyl/N-ethyl adjacent to an activating group) is 1. The third kappa shape index (κ3) is 6.68. The second kappa shape index (κ2) is 10.9. The number of hydrogen-bond donors (Lipinski definition) is 1. The molecule has 0 saturated heterocycles. The van der Waals surface area contributed by atoms with Crippen LogP contribution in [0.3, 0.4) is 0 Å². The van der Waals surface area contributed by atoms with E-state index in [0.29, 0.717) is 26.0 Å². The summed E-state index contributed by atoms with van der Waals surface area (Å²) in [6.07, 6.45) is 0.910. The summed E-state index contributed by atoms with van der Waals surface area (Å²) in [5, 5.41) is 2.62. The minimum Gasteiger partial charge on any atom is -0.494 e. The van der Waals surface area contributed by atoms with E-state index >= 15 is 0 Å². The summed E-state index contributed by atoms with van der Waals surface area (Å²) in [4.78, 5) is 26.5. The van der Waals surface area contributed by atoms with Crippen LogP contribution >= 0.6 is 15.9 Å². The lowest BCUT2D eigenvalue weighted by Crippen LogP contribution is -2.46. The molecular formula is C22H27BrN2O3. The minimum atomic E-state index is -0.542. The van der Waals surface area contributed by atoms with Crippen molar-refractivity contribution in [1.82, 2.24) is 10.2 Å². The first kappa shape index (κ1) is 22.0. The van der Waals surface area contributed by atoms with Crippen molar-refractivity contribution >= 4 is 27.7 Å². The summed E-state index contributed by atoms with van der Waals surface area (Å²) in [6, 6.07) is 15.0. The highest BCUT2D eigenvalue weighted by Crippen LogP contribution is 2.16. The van der Waals surface area contributed by atoms with Gasteiger partial charge < -0.3 is 15.0 Å². The highest BCUT2D eigenvalue weighted by atomic mass is 79.9. The fourth-order valence-electron chi connectivity index (χ4n) is 2.77. The van der Waals surface area contributed by atoms with Gasteiger partial charge in [0.05, 0.1) is 6.61 Å². The molecular weight excluding hydrogens is 420 g/mol. The monoisotopic (exact) mass is 446 g/mol. The van der Waals surface area contributed by atoms with Crippen molar-refractivity contribution in [3.05, 3.63) is 64.1 Å². The summed E-state index contributed by atoms with van der Waals surface area (Å²) < 4.78 is 6.67. The molecule has 1 atom stereocenters. The molecule has 2 aromatic carbocycles. The van der Waals surface area contributed by atoms with Gasteiger partial charge in [-0.15, -0.1) is 0 Å². The summed E-state index contributed by atoms with van der Waals surface area (Å²) in [7, 11) is 1.58. The van der Waals surface area contributed by atoms with Gasteiger partial charge in [-0.2, -0.15) is 0 Å². The largest absolute Gasteiger partial charge is 0.494 e. The van der Waals surface area contributed by atoms with Crippen molar-refractivity contribution in [3.8, 4) is 5.75 Å². The average molecular weight is 447 g/mol. The Morgan fingerprint density at radius 1 is 1.11 bits per heavy atom. The van der Waals surface area contributed by atoms with E-state index in [9.17, 15) is 9.59 Å². The Balaban J connectivity index is 1.94. The number of carbonyl (C=O) groups excluding carboxylic acids is 2. The molecule has 6 heteroatoms. The lowest BCUT2D eigenvalue weighted by molar-refractivity contribution is -0.140. The van der Waals surface area contributed by atoms with E-state index in [1.807, 2.05) is 55.5 Å². The molecule has 28 heavy (non-hydrogen) atoms. The molecule has 0 spiro atoms. The van der Waals surface area contributed by atoms with E-state index in [0.717, 1.165) is 15.8 Å². The Labute approximate surface area is 175 Å². The molecule has 1 unspecified atom stereocenters. The van der Waals surface area contributed by atoms with Gasteiger partial charge in [-0.25, -0.2) is 0 Å². The Hall–Kier alpha value is -2.34. The first-order valence-corrected chi connectivity index (χ1v) is 10.1. The van der Waals surface area contributed by atoms with Gasteiger partial charge in [0.2, 0.25) is 11.8 Å². The lowest BCUT2D eigenvalue weighted by atomic mass is 10.1. The van der Waals surface area contributed by atoms with E-state index < -0.39 is 6.04 Å². The van der Waals surface area contributed by atoms with E-state index in [1.54, 1.807) is 18.9 Å². The van der Waals surface area contributed by atoms with Gasteiger partial charge in [0, 0.05) is 24.5 Å². The maximum Gasteiger partial charge on any atom is 0.242 e. The number of halogens is 1. The van der Waals surface area contributed by atoms with Crippen LogP contribution in [0.25, 0.3) is 0 Å². The normalized spacial score (nSPS) is 11.6. The van der Waals surface area contributed by atoms with Crippen LogP contribution in [0, 0.1) is 6.92 Å². The Bertz CT molecular complexity index is 775. The zero-order valence-corrected chi connectivity index (χ0v) is 18.2. The molecule has 2 aromatic rings. The average Bonchev–Trinajstić information content (AvgIpc) is 2.70. The number of amides is 2. The first-order valence-electron chi connectivity index (χ1n) is 9.35. The quantitative estimate of drug-likeness (QED) is 0.590. The van der Waals surface area contributed by atoms with E-state index in [4.69, 9.17) is 4.74 Å². The van der Waals surface area contributed by atoms with E-state index in [-0.39, 0.29) is 11.8 Å². The molecule has 2 amide bonds. The second-order valence-corrected chi connectivity index (χ2v) is 7.62. The van der Waals surface area contributed by atoms with Crippen molar-refractivity contribution in [1.29, 1.82) is 0 Å². The third-order valence-corrected chi connectivity index (χ3v) is 5.03. The molecule has 0 aliphatic carbocycles. The first-order chi connectivity index (χ1) is 13.4. The van der Waals surface area contributed by atoms with Gasteiger partial charge in [0.15, 0.2) is 0 Å². The summed E-state index contributed by atoms with van der Waals surface area (Å²) in [5.41, 5.74) is 2.15. The standard InChI is InChI=1S/C22H27BrN2O3/c1-16-6-12-20(13-7-16)28-14-4-5-21(26)25(17(2)22(27)24-3)15-18-8-10-19(23)11-9-18/h6-13,17H,4-5,14-15H2,1-3H3,(H,24,27). The van der Waals surface area contributed by atoms with Crippen LogP contribution in [0.1, 0.15) is 30.9 Å². The van der Waals surface area contributed by atoms with Gasteiger partial charge in [-0.1, -0.05) is 45.8 Å². The predicted octanol–water partition coefficient (Wildman–Crippen LogP) is 4.08. The van der Waals surface area contributed by atoms with Crippen LogP contribution in [-0.2, 0) is 16.1 Å². The number of aryl methyl sites for hydroxylation is 1. The zero-order valence-electron chi connectivity index (χ0n) is 16.6. The molecule has 0 saturated carbocycles. The highest BCUT2D eigenvalue weighted by Gasteiger charge is 2.25. The molecule has 1 N–H and O–H groups in total. The van der Waals surface area contributed by atoms with Crippen molar-refractivity contribution in [2.24, 2.45) is 0 Å². The number of carbonyl (C=O) groups is 2. The van der Waals surface area contributed by atoms with Gasteiger partial charge >= 0.3 is 0 Å². The molecule has 150 valence electrons. The van der Waals surface area contributed by atoms with Crippen LogP contribution < -0.4 is 10.1 Å². The van der Waals surface area contributed by atoms with Crippen molar-refractivity contribution in [2.45, 2.75) is 39.3 Å². The summed E-state index contributed by atoms with van der Waals surface area (Å²) >= 11 is 3.41. The van der Waals surface area contributed by atoms with E-state index in [2.05, 4.69) is 21.2 Å². The smallest absolute Gasteiger partial charge is 0.242 e. The van der Waals surface area contributed by atoms with E-state index in [1.165, 1.54) is 5.56 Å². The molecule has 0 heterocycles. The van der Waals surface area contributed by atoms with Crippen molar-refractivity contribution in [2.75, 3.05) is 13.7 Å². The number of nitrogens with zero attached hydrogens (tertiary/aromatic N) is 1. The lowest BCUT2D eigenvalue weighted by Gasteiger charge is -2.28. The molecule has 0 fully saturated rings. The van der Waals surface area contributed by atoms with Gasteiger partial charge in [0.25, 0.3) is 0 Å². The van der Waals surface area contributed by atoms with Crippen LogP contribution in [0.5, 0.6) is 5.75 Å². The van der Waals surface area contributed by atoms with Crippen molar-refractivity contribution in [3.63, 3.8) is 0 Å². The fourth-order valence-corrected chi connectivity index (χ4v) is 3.03. The minimum absolute atomic E-state index is 0.0634. The van der Waals surface area contributed by atoms with Crippen LogP contribution in [0.2, 0.25) is 0 Å². The maximum atomic E-state index is 12.8. The maximum absolute atomic E-state index is 12.8. The number of hydrogen-bond acceptors (Lipinski definition) is 3. The number of ether oxygens (including phenoxy) is 1. The molecule has 0 aliphatic heterocycles. The van der Waals surface area contributed by atoms with Gasteiger partial charge in [-0.05, 0) is 50.1 Å². The third-order valence-electron chi connectivity index (χ3n) is 4.50. The molecule has 5 nitrogen and oxygen atoms in total. The zero-order chi connectivity index (χ0) is 20.5. The predicted molar refractivity (Wildman–Crippen MR) is 114 cm³/mol. The second-order valence-electron chi connectivity index (χ2n) is 6.70. The topological polar surface area (TPSA) is 58.6 Å². The Morgan fingerprint density at radius 2 is 1.75 bits per heavy atom. The molecule has 0 aliphatic rings. The van der Waals surface area contributed by atoms with Crippen molar-refractivity contribution < 1.29 is 14.3 Å². The highest BCUT2D eigenvalue weighted by molar-refractivity contribution is 9.10. The summed E-state index contributed by atoms with van der Waals surface area (Å²) in [6.45, 7) is 4.61. The van der Waals surface area contributed by atoms with Gasteiger partial charge in [0.1, 0.15) is 11.8 Å². The van der Waals surface area contributed by atoms with Crippen LogP contribution in [0.4, 0.5) is 0 Å². The number of benzene rings is 2.